The Balaban J connectivity index is 1.26. The van der Waals surface area contributed by atoms with Crippen LogP contribution in [0, 0.1) is 5.92 Å². The van der Waals surface area contributed by atoms with Crippen molar-refractivity contribution in [3.63, 3.8) is 0 Å². The van der Waals surface area contributed by atoms with Gasteiger partial charge in [-0.05, 0) is 54.4 Å². The van der Waals surface area contributed by atoms with Gasteiger partial charge in [-0.25, -0.2) is 0 Å². The van der Waals surface area contributed by atoms with E-state index in [-0.39, 0.29) is 12.0 Å². The molecule has 1 aliphatic heterocycles. The Labute approximate surface area is 167 Å². The highest BCUT2D eigenvalue weighted by atomic mass is 16.5. The van der Waals surface area contributed by atoms with Crippen LogP contribution in [-0.4, -0.2) is 31.2 Å². The van der Waals surface area contributed by atoms with Crippen molar-refractivity contribution in [3.8, 4) is 0 Å². The highest BCUT2D eigenvalue weighted by Gasteiger charge is 2.37. The quantitative estimate of drug-likeness (QED) is 0.769. The van der Waals surface area contributed by atoms with Crippen LogP contribution >= 0.6 is 0 Å². The van der Waals surface area contributed by atoms with E-state index in [2.05, 4.69) is 54.0 Å². The molecule has 4 atom stereocenters. The molecule has 1 aliphatic carbocycles. The van der Waals surface area contributed by atoms with Gasteiger partial charge in [0.25, 0.3) is 5.91 Å². The first-order valence-corrected chi connectivity index (χ1v) is 10.5. The minimum Gasteiger partial charge on any atom is -0.376 e. The summed E-state index contributed by atoms with van der Waals surface area (Å²) in [7, 11) is 0. The zero-order valence-electron chi connectivity index (χ0n) is 16.6. The van der Waals surface area contributed by atoms with Crippen LogP contribution in [0.4, 0.5) is 0 Å². The van der Waals surface area contributed by atoms with E-state index in [0.29, 0.717) is 24.4 Å². The molecule has 28 heavy (non-hydrogen) atoms. The van der Waals surface area contributed by atoms with Crippen molar-refractivity contribution >= 4 is 5.91 Å². The normalized spacial score (nSPS) is 26.6. The molecule has 1 heterocycles. The Kier molecular flexibility index (Phi) is 6.08. The van der Waals surface area contributed by atoms with Crippen molar-refractivity contribution in [1.82, 2.24) is 10.6 Å². The van der Waals surface area contributed by atoms with Crippen LogP contribution in [0.15, 0.2) is 54.6 Å². The molecule has 0 unspecified atom stereocenters. The molecule has 2 aromatic carbocycles. The first-order valence-electron chi connectivity index (χ1n) is 10.5. The lowest BCUT2D eigenvalue weighted by molar-refractivity contribution is 0.0857. The summed E-state index contributed by atoms with van der Waals surface area (Å²) in [5, 5.41) is 6.68. The minimum atomic E-state index is -0.0153. The number of carbonyl (C=O) groups excluding carboxylic acids is 1. The van der Waals surface area contributed by atoms with E-state index in [9.17, 15) is 4.79 Å². The van der Waals surface area contributed by atoms with E-state index in [4.69, 9.17) is 4.74 Å². The lowest BCUT2D eigenvalue weighted by atomic mass is 9.67. The number of ether oxygens (including phenoxy) is 1. The molecule has 0 spiro atoms. The minimum absolute atomic E-state index is 0.0153. The maximum absolute atomic E-state index is 12.4. The van der Waals surface area contributed by atoms with Crippen molar-refractivity contribution in [2.45, 2.75) is 50.8 Å². The zero-order valence-corrected chi connectivity index (χ0v) is 16.6. The summed E-state index contributed by atoms with van der Waals surface area (Å²) >= 11 is 0. The summed E-state index contributed by atoms with van der Waals surface area (Å²) < 4.78 is 5.57. The molecule has 4 heteroatoms. The van der Waals surface area contributed by atoms with Gasteiger partial charge in [-0.1, -0.05) is 49.4 Å². The molecule has 1 amide bonds. The average molecular weight is 379 g/mol. The molecule has 1 saturated carbocycles. The lowest BCUT2D eigenvalue weighted by Crippen LogP contribution is -2.47. The van der Waals surface area contributed by atoms with E-state index < -0.39 is 0 Å². The summed E-state index contributed by atoms with van der Waals surface area (Å²) in [5.74, 6) is 1.26. The highest BCUT2D eigenvalue weighted by Crippen LogP contribution is 2.42. The topological polar surface area (TPSA) is 50.4 Å². The number of carbonyl (C=O) groups is 1. The largest absolute Gasteiger partial charge is 0.376 e. The summed E-state index contributed by atoms with van der Waals surface area (Å²) in [6.45, 7) is 4.53. The van der Waals surface area contributed by atoms with Gasteiger partial charge in [-0.15, -0.1) is 0 Å². The van der Waals surface area contributed by atoms with Crippen LogP contribution in [0.5, 0.6) is 0 Å². The van der Waals surface area contributed by atoms with E-state index in [0.717, 1.165) is 37.1 Å². The summed E-state index contributed by atoms with van der Waals surface area (Å²) in [4.78, 5) is 12.4. The Morgan fingerprint density at radius 3 is 2.75 bits per heavy atom. The third-order valence-electron chi connectivity index (χ3n) is 6.28. The standard InChI is InChI=1S/C24H30N2O2/c1-17-22(19-8-3-2-4-9-19)14-23(17)25-15-18-7-5-10-20(13-18)24(27)26-16-21-11-6-12-28-21/h2-5,7-10,13,17,21-23,25H,6,11-12,14-16H2,1H3,(H,26,27)/t17-,21-,22-,23+/m0/s1. The fourth-order valence-corrected chi connectivity index (χ4v) is 4.38. The second kappa shape index (κ2) is 8.89. The van der Waals surface area contributed by atoms with Crippen LogP contribution in [0.2, 0.25) is 0 Å². The van der Waals surface area contributed by atoms with Crippen molar-refractivity contribution in [3.05, 3.63) is 71.3 Å². The molecule has 4 nitrogen and oxygen atoms in total. The number of nitrogens with one attached hydrogen (secondary N) is 2. The smallest absolute Gasteiger partial charge is 0.251 e. The number of amides is 1. The molecule has 1 saturated heterocycles. The highest BCUT2D eigenvalue weighted by molar-refractivity contribution is 5.94. The van der Waals surface area contributed by atoms with Crippen LogP contribution in [0.1, 0.15) is 53.6 Å². The first kappa shape index (κ1) is 19.2. The van der Waals surface area contributed by atoms with Gasteiger partial charge in [0.05, 0.1) is 6.10 Å². The monoisotopic (exact) mass is 378 g/mol. The van der Waals surface area contributed by atoms with Gasteiger partial charge in [0.15, 0.2) is 0 Å². The summed E-state index contributed by atoms with van der Waals surface area (Å²) in [6.07, 6.45) is 3.47. The van der Waals surface area contributed by atoms with Crippen molar-refractivity contribution < 1.29 is 9.53 Å². The second-order valence-corrected chi connectivity index (χ2v) is 8.14. The molecular formula is C24H30N2O2. The summed E-state index contributed by atoms with van der Waals surface area (Å²) in [6, 6.07) is 19.2. The van der Waals surface area contributed by atoms with Gasteiger partial charge in [0, 0.05) is 31.3 Å². The van der Waals surface area contributed by atoms with Crippen molar-refractivity contribution in [2.24, 2.45) is 5.92 Å². The molecule has 2 N–H and O–H groups in total. The molecule has 148 valence electrons. The van der Waals surface area contributed by atoms with Gasteiger partial charge in [0.1, 0.15) is 0 Å². The maximum Gasteiger partial charge on any atom is 0.251 e. The van der Waals surface area contributed by atoms with E-state index in [1.807, 2.05) is 18.2 Å². The molecule has 0 radical (unpaired) electrons. The van der Waals surface area contributed by atoms with E-state index in [1.165, 1.54) is 12.0 Å². The molecule has 2 aliphatic rings. The SMILES string of the molecule is C[C@H]1[C@@H](c2ccccc2)C[C@H]1NCc1cccc(C(=O)NC[C@@H]2CCCO2)c1. The van der Waals surface area contributed by atoms with Gasteiger partial charge in [-0.2, -0.15) is 0 Å². The Bertz CT molecular complexity index is 786. The second-order valence-electron chi connectivity index (χ2n) is 8.14. The van der Waals surface area contributed by atoms with E-state index in [1.54, 1.807) is 0 Å². The van der Waals surface area contributed by atoms with Gasteiger partial charge in [-0.3, -0.25) is 4.79 Å². The van der Waals surface area contributed by atoms with Gasteiger partial charge < -0.3 is 15.4 Å². The fourth-order valence-electron chi connectivity index (χ4n) is 4.38. The predicted octanol–water partition coefficient (Wildman–Crippen LogP) is 3.88. The third-order valence-corrected chi connectivity index (χ3v) is 6.28. The van der Waals surface area contributed by atoms with E-state index >= 15 is 0 Å². The van der Waals surface area contributed by atoms with Crippen molar-refractivity contribution in [1.29, 1.82) is 0 Å². The lowest BCUT2D eigenvalue weighted by Gasteiger charge is -2.44. The molecule has 2 fully saturated rings. The Morgan fingerprint density at radius 2 is 2.00 bits per heavy atom. The molecular weight excluding hydrogens is 348 g/mol. The number of hydrogen-bond donors (Lipinski definition) is 2. The third kappa shape index (κ3) is 4.45. The Hall–Kier alpha value is -2.17. The number of benzene rings is 2. The van der Waals surface area contributed by atoms with Crippen LogP contribution in [0.25, 0.3) is 0 Å². The summed E-state index contributed by atoms with van der Waals surface area (Å²) in [5.41, 5.74) is 3.32. The number of rotatable bonds is 7. The Morgan fingerprint density at radius 1 is 1.14 bits per heavy atom. The number of hydrogen-bond acceptors (Lipinski definition) is 3. The average Bonchev–Trinajstić information content (AvgIpc) is 3.25. The first-order chi connectivity index (χ1) is 13.7. The molecule has 4 rings (SSSR count). The van der Waals surface area contributed by atoms with Gasteiger partial charge in [0.2, 0.25) is 0 Å². The van der Waals surface area contributed by atoms with Gasteiger partial charge >= 0.3 is 0 Å². The van der Waals surface area contributed by atoms with Crippen molar-refractivity contribution in [2.75, 3.05) is 13.2 Å². The fraction of sp³-hybridized carbons (Fsp3) is 0.458. The maximum atomic E-state index is 12.4. The molecule has 0 aromatic heterocycles. The molecule has 2 aromatic rings. The van der Waals surface area contributed by atoms with Crippen LogP contribution in [0.3, 0.4) is 0 Å². The molecule has 0 bridgehead atoms. The zero-order chi connectivity index (χ0) is 19.3. The van der Waals surface area contributed by atoms with Crippen LogP contribution in [-0.2, 0) is 11.3 Å². The van der Waals surface area contributed by atoms with Crippen LogP contribution < -0.4 is 10.6 Å². The predicted molar refractivity (Wildman–Crippen MR) is 111 cm³/mol.